The fraction of sp³-hybridized carbons (Fsp3) is 0.100. The van der Waals surface area contributed by atoms with Crippen molar-refractivity contribution >= 4 is 11.8 Å². The summed E-state index contributed by atoms with van der Waals surface area (Å²) in [6, 6.07) is 5.43. The molecule has 0 atom stereocenters. The van der Waals surface area contributed by atoms with Crippen molar-refractivity contribution in [3.63, 3.8) is 0 Å². The zero-order chi connectivity index (χ0) is 12.3. The van der Waals surface area contributed by atoms with Crippen molar-refractivity contribution in [1.82, 2.24) is 15.4 Å². The molecule has 1 aromatic carbocycles. The molecule has 0 saturated heterocycles. The van der Waals surface area contributed by atoms with Gasteiger partial charge in [0.1, 0.15) is 5.82 Å². The largest absolute Gasteiger partial charge is 0.351 e. The van der Waals surface area contributed by atoms with Gasteiger partial charge in [0.2, 0.25) is 0 Å². The number of hydrogen-bond donors (Lipinski definition) is 2. The van der Waals surface area contributed by atoms with Gasteiger partial charge >= 0.3 is 6.03 Å². The first-order valence-electron chi connectivity index (χ1n) is 4.84. The molecule has 3 N–H and O–H groups in total. The first-order valence-corrected chi connectivity index (χ1v) is 4.84. The standard InChI is InChI=1S/C10H10FN5O/c11-8-4-2-1-3-7(8)6-16(10(12)17)9-5-13-15-14-9/h1-5H,6H2,(H2,12,17)(H,13,14,15). The van der Waals surface area contributed by atoms with E-state index >= 15 is 0 Å². The van der Waals surface area contributed by atoms with Crippen molar-refractivity contribution in [1.29, 1.82) is 0 Å². The lowest BCUT2D eigenvalue weighted by molar-refractivity contribution is 0.253. The second-order valence-electron chi connectivity index (χ2n) is 3.34. The number of urea groups is 1. The maximum Gasteiger partial charge on any atom is 0.320 e. The van der Waals surface area contributed by atoms with E-state index in [4.69, 9.17) is 5.73 Å². The molecule has 0 aliphatic rings. The van der Waals surface area contributed by atoms with Crippen molar-refractivity contribution < 1.29 is 9.18 Å². The van der Waals surface area contributed by atoms with Crippen LogP contribution in [0.5, 0.6) is 0 Å². The van der Waals surface area contributed by atoms with Gasteiger partial charge in [0.15, 0.2) is 5.82 Å². The Morgan fingerprint density at radius 3 is 2.82 bits per heavy atom. The van der Waals surface area contributed by atoms with Gasteiger partial charge in [0, 0.05) is 5.56 Å². The number of carbonyl (C=O) groups excluding carboxylic acids is 1. The molecule has 6 nitrogen and oxygen atoms in total. The van der Waals surface area contributed by atoms with Crippen molar-refractivity contribution in [2.75, 3.05) is 4.90 Å². The summed E-state index contributed by atoms with van der Waals surface area (Å²) in [6.07, 6.45) is 1.34. The fourth-order valence-electron chi connectivity index (χ4n) is 1.39. The van der Waals surface area contributed by atoms with E-state index in [1.54, 1.807) is 18.2 Å². The van der Waals surface area contributed by atoms with Gasteiger partial charge in [-0.2, -0.15) is 10.3 Å². The maximum absolute atomic E-state index is 13.4. The Bertz CT molecular complexity index is 513. The quantitative estimate of drug-likeness (QED) is 0.832. The zero-order valence-electron chi connectivity index (χ0n) is 8.80. The molecule has 0 spiro atoms. The number of nitrogens with two attached hydrogens (primary N) is 1. The SMILES string of the molecule is NC(=O)N(Cc1ccccc1F)c1cn[nH]n1. The molecule has 88 valence electrons. The number of primary amides is 1. The Morgan fingerprint density at radius 1 is 1.47 bits per heavy atom. The van der Waals surface area contributed by atoms with E-state index in [0.717, 1.165) is 4.90 Å². The summed E-state index contributed by atoms with van der Waals surface area (Å²) < 4.78 is 13.4. The number of nitrogens with one attached hydrogen (secondary N) is 1. The molecule has 0 saturated carbocycles. The lowest BCUT2D eigenvalue weighted by Gasteiger charge is -2.17. The molecule has 0 fully saturated rings. The molecule has 2 aromatic rings. The van der Waals surface area contributed by atoms with Crippen LogP contribution in [0.25, 0.3) is 0 Å². The molecule has 2 amide bonds. The Hall–Kier alpha value is -2.44. The van der Waals surface area contributed by atoms with E-state index in [9.17, 15) is 9.18 Å². The van der Waals surface area contributed by atoms with Crippen molar-refractivity contribution in [2.24, 2.45) is 5.73 Å². The van der Waals surface area contributed by atoms with Gasteiger partial charge in [0.05, 0.1) is 12.7 Å². The summed E-state index contributed by atoms with van der Waals surface area (Å²) in [5.74, 6) is -0.150. The highest BCUT2D eigenvalue weighted by molar-refractivity contribution is 5.89. The first kappa shape index (κ1) is 11.1. The zero-order valence-corrected chi connectivity index (χ0v) is 8.80. The van der Waals surface area contributed by atoms with Gasteiger partial charge in [-0.25, -0.2) is 9.18 Å². The number of hydrogen-bond acceptors (Lipinski definition) is 3. The maximum atomic E-state index is 13.4. The Morgan fingerprint density at radius 2 is 2.24 bits per heavy atom. The minimum Gasteiger partial charge on any atom is -0.351 e. The molecular weight excluding hydrogens is 225 g/mol. The molecule has 0 radical (unpaired) electrons. The lowest BCUT2D eigenvalue weighted by Crippen LogP contribution is -2.35. The van der Waals surface area contributed by atoms with Gasteiger partial charge in [-0.05, 0) is 6.07 Å². The predicted octanol–water partition coefficient (Wildman–Crippen LogP) is 1.03. The number of nitrogens with zero attached hydrogens (tertiary/aromatic N) is 3. The van der Waals surface area contributed by atoms with Crippen molar-refractivity contribution in [3.8, 4) is 0 Å². The number of aromatic amines is 1. The molecule has 0 bridgehead atoms. The topological polar surface area (TPSA) is 87.9 Å². The van der Waals surface area contributed by atoms with Crippen LogP contribution in [-0.2, 0) is 6.54 Å². The summed E-state index contributed by atoms with van der Waals surface area (Å²) in [5, 5.41) is 9.66. The monoisotopic (exact) mass is 235 g/mol. The van der Waals surface area contributed by atoms with Crippen molar-refractivity contribution in [3.05, 3.63) is 41.8 Å². The average molecular weight is 235 g/mol. The minimum absolute atomic E-state index is 0.00847. The molecule has 17 heavy (non-hydrogen) atoms. The number of rotatable bonds is 3. The van der Waals surface area contributed by atoms with Crippen LogP contribution in [0.3, 0.4) is 0 Å². The van der Waals surface area contributed by atoms with Gasteiger partial charge in [0.25, 0.3) is 0 Å². The minimum atomic E-state index is -0.720. The molecule has 0 aliphatic carbocycles. The normalized spacial score (nSPS) is 10.2. The van der Waals surface area contributed by atoms with Crippen LogP contribution in [0, 0.1) is 5.82 Å². The number of halogens is 1. The molecule has 0 unspecified atom stereocenters. The highest BCUT2D eigenvalue weighted by Crippen LogP contribution is 2.14. The third-order valence-electron chi connectivity index (χ3n) is 2.23. The van der Waals surface area contributed by atoms with Gasteiger partial charge in [-0.15, -0.1) is 5.10 Å². The molecule has 1 heterocycles. The van der Waals surface area contributed by atoms with Crippen LogP contribution in [0.1, 0.15) is 5.56 Å². The highest BCUT2D eigenvalue weighted by atomic mass is 19.1. The summed E-state index contributed by atoms with van der Waals surface area (Å²) in [4.78, 5) is 12.4. The smallest absolute Gasteiger partial charge is 0.320 e. The van der Waals surface area contributed by atoms with Crippen LogP contribution in [0.4, 0.5) is 15.0 Å². The van der Waals surface area contributed by atoms with E-state index in [0.29, 0.717) is 5.56 Å². The highest BCUT2D eigenvalue weighted by Gasteiger charge is 2.16. The van der Waals surface area contributed by atoms with E-state index in [1.165, 1.54) is 12.3 Å². The summed E-state index contributed by atoms with van der Waals surface area (Å²) >= 11 is 0. The fourth-order valence-corrected chi connectivity index (χ4v) is 1.39. The molecule has 0 aliphatic heterocycles. The molecule has 1 aromatic heterocycles. The summed E-state index contributed by atoms with van der Waals surface area (Å²) in [6.45, 7) is 0.00847. The second kappa shape index (κ2) is 4.60. The third-order valence-corrected chi connectivity index (χ3v) is 2.23. The number of anilines is 1. The lowest BCUT2D eigenvalue weighted by atomic mass is 10.2. The van der Waals surface area contributed by atoms with E-state index < -0.39 is 11.8 Å². The van der Waals surface area contributed by atoms with E-state index in [-0.39, 0.29) is 12.4 Å². The van der Waals surface area contributed by atoms with Gasteiger partial charge < -0.3 is 5.73 Å². The van der Waals surface area contributed by atoms with E-state index in [2.05, 4.69) is 15.4 Å². The van der Waals surface area contributed by atoms with Crippen molar-refractivity contribution in [2.45, 2.75) is 6.54 Å². The van der Waals surface area contributed by atoms with Crippen LogP contribution in [0.15, 0.2) is 30.5 Å². The van der Waals surface area contributed by atoms with Gasteiger partial charge in [-0.3, -0.25) is 4.90 Å². The second-order valence-corrected chi connectivity index (χ2v) is 3.34. The Balaban J connectivity index is 2.26. The third kappa shape index (κ3) is 2.39. The molecule has 2 rings (SSSR count). The number of aromatic nitrogens is 3. The van der Waals surface area contributed by atoms with Gasteiger partial charge in [-0.1, -0.05) is 18.2 Å². The molecular formula is C10H10FN5O. The van der Waals surface area contributed by atoms with Crippen LogP contribution in [-0.4, -0.2) is 21.4 Å². The number of carbonyl (C=O) groups is 1. The summed E-state index contributed by atoms with van der Waals surface area (Å²) in [7, 11) is 0. The number of H-pyrrole nitrogens is 1. The van der Waals surface area contributed by atoms with E-state index in [1.807, 2.05) is 0 Å². The van der Waals surface area contributed by atoms with Crippen LogP contribution in [0.2, 0.25) is 0 Å². The number of benzene rings is 1. The predicted molar refractivity (Wildman–Crippen MR) is 58.5 cm³/mol. The van der Waals surface area contributed by atoms with Crippen LogP contribution >= 0.6 is 0 Å². The Kier molecular flexibility index (Phi) is 2.99. The summed E-state index contributed by atoms with van der Waals surface area (Å²) in [5.41, 5.74) is 5.56. The molecule has 7 heteroatoms. The average Bonchev–Trinajstić information content (AvgIpc) is 2.81. The van der Waals surface area contributed by atoms with Crippen LogP contribution < -0.4 is 10.6 Å². The first-order chi connectivity index (χ1) is 8.18. The Labute approximate surface area is 96.2 Å². The number of amides is 2.